The first-order valence-corrected chi connectivity index (χ1v) is 6.41. The summed E-state index contributed by atoms with van der Waals surface area (Å²) in [5, 5.41) is 9.73. The maximum atomic E-state index is 9.73. The van der Waals surface area contributed by atoms with E-state index in [1.54, 1.807) is 31.5 Å². The molecule has 1 rings (SSSR count). The number of methoxy groups -OCH3 is 1. The van der Waals surface area contributed by atoms with Crippen LogP contribution in [-0.4, -0.2) is 25.0 Å². The van der Waals surface area contributed by atoms with E-state index < -0.39 is 0 Å². The van der Waals surface area contributed by atoms with Crippen molar-refractivity contribution in [2.45, 2.75) is 33.6 Å². The van der Waals surface area contributed by atoms with Crippen LogP contribution in [0.25, 0.3) is 0 Å². The van der Waals surface area contributed by atoms with Crippen molar-refractivity contribution in [3.63, 3.8) is 0 Å². The Morgan fingerprint density at radius 1 is 1.33 bits per heavy atom. The Morgan fingerprint density at radius 2 is 2.00 bits per heavy atom. The van der Waals surface area contributed by atoms with Crippen molar-refractivity contribution >= 4 is 6.21 Å². The predicted molar refractivity (Wildman–Crippen MR) is 75.8 cm³/mol. The van der Waals surface area contributed by atoms with Crippen LogP contribution in [0.3, 0.4) is 0 Å². The van der Waals surface area contributed by atoms with Gasteiger partial charge in [0.1, 0.15) is 11.5 Å². The highest BCUT2D eigenvalue weighted by Crippen LogP contribution is 2.26. The molecule has 3 nitrogen and oxygen atoms in total. The molecule has 0 heterocycles. The summed E-state index contributed by atoms with van der Waals surface area (Å²) in [6.07, 6.45) is 3.93. The van der Waals surface area contributed by atoms with E-state index in [9.17, 15) is 5.11 Å². The first-order chi connectivity index (χ1) is 8.54. The largest absolute Gasteiger partial charge is 0.507 e. The summed E-state index contributed by atoms with van der Waals surface area (Å²) in [6.45, 7) is 7.37. The Morgan fingerprint density at radius 3 is 2.56 bits per heavy atom. The van der Waals surface area contributed by atoms with Gasteiger partial charge in [-0.25, -0.2) is 0 Å². The van der Waals surface area contributed by atoms with Gasteiger partial charge < -0.3 is 9.84 Å². The summed E-state index contributed by atoms with van der Waals surface area (Å²) in [7, 11) is 1.61. The molecule has 0 amide bonds. The number of benzene rings is 1. The zero-order valence-electron chi connectivity index (χ0n) is 11.7. The third kappa shape index (κ3) is 3.76. The summed E-state index contributed by atoms with van der Waals surface area (Å²) in [5.74, 6) is 0.956. The summed E-state index contributed by atoms with van der Waals surface area (Å²) in [4.78, 5) is 4.45. The summed E-state index contributed by atoms with van der Waals surface area (Å²) < 4.78 is 5.13. The topological polar surface area (TPSA) is 41.8 Å². The molecule has 0 saturated carbocycles. The van der Waals surface area contributed by atoms with E-state index in [1.165, 1.54) is 0 Å². The van der Waals surface area contributed by atoms with Crippen molar-refractivity contribution < 1.29 is 9.84 Å². The van der Waals surface area contributed by atoms with Gasteiger partial charge in [-0.3, -0.25) is 4.99 Å². The Labute approximate surface area is 110 Å². The van der Waals surface area contributed by atoms with Crippen LogP contribution in [0.1, 0.15) is 39.2 Å². The molecule has 0 fully saturated rings. The number of nitrogens with zero attached hydrogens (tertiary/aromatic N) is 1. The van der Waals surface area contributed by atoms with Gasteiger partial charge in [0, 0.05) is 18.3 Å². The van der Waals surface area contributed by atoms with Gasteiger partial charge in [-0.2, -0.15) is 0 Å². The third-order valence-electron chi connectivity index (χ3n) is 3.65. The number of rotatable bonds is 6. The van der Waals surface area contributed by atoms with Crippen molar-refractivity contribution in [1.29, 1.82) is 0 Å². The summed E-state index contributed by atoms with van der Waals surface area (Å²) in [6, 6.07) is 5.14. The van der Waals surface area contributed by atoms with Crippen molar-refractivity contribution in [3.8, 4) is 11.5 Å². The molecule has 1 aromatic rings. The minimum absolute atomic E-state index is 0.231. The molecular weight excluding hydrogens is 226 g/mol. The van der Waals surface area contributed by atoms with Crippen molar-refractivity contribution in [1.82, 2.24) is 0 Å². The van der Waals surface area contributed by atoms with Gasteiger partial charge in [-0.1, -0.05) is 20.8 Å². The highest BCUT2D eigenvalue weighted by atomic mass is 16.5. The van der Waals surface area contributed by atoms with Crippen LogP contribution < -0.4 is 4.74 Å². The van der Waals surface area contributed by atoms with Gasteiger partial charge in [-0.15, -0.1) is 0 Å². The van der Waals surface area contributed by atoms with E-state index in [2.05, 4.69) is 25.8 Å². The molecule has 0 spiro atoms. The lowest BCUT2D eigenvalue weighted by atomic mass is 9.85. The summed E-state index contributed by atoms with van der Waals surface area (Å²) >= 11 is 0. The average molecular weight is 249 g/mol. The Balaban J connectivity index is 2.78. The van der Waals surface area contributed by atoms with Crippen molar-refractivity contribution in [2.75, 3.05) is 13.7 Å². The van der Waals surface area contributed by atoms with Crippen LogP contribution in [0.2, 0.25) is 0 Å². The van der Waals surface area contributed by atoms with E-state index in [0.29, 0.717) is 5.56 Å². The quantitative estimate of drug-likeness (QED) is 0.782. The normalized spacial score (nSPS) is 12.0. The minimum Gasteiger partial charge on any atom is -0.507 e. The molecule has 3 heteroatoms. The maximum absolute atomic E-state index is 9.73. The number of aromatic hydroxyl groups is 1. The molecule has 0 aliphatic carbocycles. The smallest absolute Gasteiger partial charge is 0.124 e. The fraction of sp³-hybridized carbons (Fsp3) is 0.533. The number of hydrogen-bond acceptors (Lipinski definition) is 3. The number of aliphatic imine (C=N–C) groups is 1. The highest BCUT2D eigenvalue weighted by molar-refractivity contribution is 5.84. The molecule has 0 aliphatic rings. The lowest BCUT2D eigenvalue weighted by Gasteiger charge is -2.23. The van der Waals surface area contributed by atoms with E-state index >= 15 is 0 Å². The molecule has 100 valence electrons. The Bertz CT molecular complexity index is 409. The van der Waals surface area contributed by atoms with Gasteiger partial charge in [0.2, 0.25) is 0 Å². The van der Waals surface area contributed by atoms with Gasteiger partial charge in [0.05, 0.1) is 7.11 Å². The molecule has 18 heavy (non-hydrogen) atoms. The molecular formula is C15H23NO2. The molecule has 0 bridgehead atoms. The van der Waals surface area contributed by atoms with Crippen molar-refractivity contribution in [3.05, 3.63) is 23.8 Å². The van der Waals surface area contributed by atoms with Crippen LogP contribution in [0.4, 0.5) is 0 Å². The maximum Gasteiger partial charge on any atom is 0.124 e. The first kappa shape index (κ1) is 14.6. The number of ether oxygens (including phenoxy) is 1. The van der Waals surface area contributed by atoms with Gasteiger partial charge in [0.25, 0.3) is 0 Å². The van der Waals surface area contributed by atoms with Crippen LogP contribution in [0.5, 0.6) is 11.5 Å². The first-order valence-electron chi connectivity index (χ1n) is 6.41. The Hall–Kier alpha value is -1.51. The predicted octanol–water partition coefficient (Wildman–Crippen LogP) is 3.65. The highest BCUT2D eigenvalue weighted by Gasteiger charge is 2.18. The van der Waals surface area contributed by atoms with Crippen LogP contribution in [0, 0.1) is 5.41 Å². The van der Waals surface area contributed by atoms with Crippen LogP contribution >= 0.6 is 0 Å². The molecule has 0 radical (unpaired) electrons. The van der Waals surface area contributed by atoms with E-state index in [1.807, 2.05) is 0 Å². The fourth-order valence-corrected chi connectivity index (χ4v) is 1.60. The average Bonchev–Trinajstić information content (AvgIpc) is 2.40. The minimum atomic E-state index is 0.231. The molecule has 0 atom stereocenters. The second-order valence-electron chi connectivity index (χ2n) is 4.91. The van der Waals surface area contributed by atoms with E-state index in [4.69, 9.17) is 4.74 Å². The Kier molecular flexibility index (Phi) is 5.20. The molecule has 0 unspecified atom stereocenters. The van der Waals surface area contributed by atoms with Crippen LogP contribution in [0.15, 0.2) is 23.2 Å². The van der Waals surface area contributed by atoms with E-state index in [0.717, 1.165) is 25.1 Å². The van der Waals surface area contributed by atoms with Gasteiger partial charge >= 0.3 is 0 Å². The molecule has 0 aromatic heterocycles. The number of phenols is 1. The number of phenolic OH excluding ortho intramolecular Hbond substituents is 1. The van der Waals surface area contributed by atoms with Gasteiger partial charge in [-0.05, 0) is 36.5 Å². The monoisotopic (exact) mass is 249 g/mol. The second-order valence-corrected chi connectivity index (χ2v) is 4.91. The number of hydrogen-bond donors (Lipinski definition) is 1. The van der Waals surface area contributed by atoms with E-state index in [-0.39, 0.29) is 11.2 Å². The molecule has 0 saturated heterocycles. The molecule has 1 N–H and O–H groups in total. The lowest BCUT2D eigenvalue weighted by molar-refractivity contribution is 0.312. The standard InChI is InChI=1S/C15H23NO2/c1-5-15(3,6-2)11-16-10-12-9-13(18-4)7-8-14(12)17/h7-10,17H,5-6,11H2,1-4H3/b16-10+. The lowest BCUT2D eigenvalue weighted by Crippen LogP contribution is -2.17. The fourth-order valence-electron chi connectivity index (χ4n) is 1.60. The third-order valence-corrected chi connectivity index (χ3v) is 3.65. The molecule has 0 aliphatic heterocycles. The van der Waals surface area contributed by atoms with Crippen molar-refractivity contribution in [2.24, 2.45) is 10.4 Å². The van der Waals surface area contributed by atoms with Gasteiger partial charge in [0.15, 0.2) is 0 Å². The zero-order chi connectivity index (χ0) is 13.6. The van der Waals surface area contributed by atoms with Crippen LogP contribution in [-0.2, 0) is 0 Å². The molecule has 1 aromatic carbocycles. The SMILES string of the molecule is CCC(C)(CC)C/N=C/c1cc(OC)ccc1O. The zero-order valence-corrected chi connectivity index (χ0v) is 11.7. The second kappa shape index (κ2) is 6.43. The summed E-state index contributed by atoms with van der Waals surface area (Å²) in [5.41, 5.74) is 0.939.